The average Bonchev–Trinajstić information content (AvgIpc) is 2.87. The van der Waals surface area contributed by atoms with Crippen molar-refractivity contribution in [2.45, 2.75) is 43.9 Å². The lowest BCUT2D eigenvalue weighted by molar-refractivity contribution is -0.0711. The van der Waals surface area contributed by atoms with Crippen molar-refractivity contribution >= 4 is 11.8 Å². The zero-order valence-electron chi connectivity index (χ0n) is 11.9. The molecule has 110 valence electrons. The second-order valence-corrected chi connectivity index (χ2v) is 7.07. The van der Waals surface area contributed by atoms with Crippen LogP contribution in [0.25, 0.3) is 0 Å². The molecular formula is C16H22FNOS. The van der Waals surface area contributed by atoms with E-state index in [1.165, 1.54) is 24.3 Å². The summed E-state index contributed by atoms with van der Waals surface area (Å²) in [7, 11) is 0. The van der Waals surface area contributed by atoms with Gasteiger partial charge in [0.2, 0.25) is 0 Å². The number of nitrogens with one attached hydrogen (secondary N) is 1. The molecule has 2 saturated heterocycles. The van der Waals surface area contributed by atoms with Crippen LogP contribution in [0.2, 0.25) is 0 Å². The first-order valence-electron chi connectivity index (χ1n) is 7.40. The molecule has 1 spiro atoms. The maximum atomic E-state index is 13.0. The van der Waals surface area contributed by atoms with Crippen molar-refractivity contribution < 1.29 is 9.13 Å². The summed E-state index contributed by atoms with van der Waals surface area (Å²) in [5.74, 6) is 2.19. The predicted octanol–water partition coefficient (Wildman–Crippen LogP) is 3.53. The zero-order valence-corrected chi connectivity index (χ0v) is 12.7. The quantitative estimate of drug-likeness (QED) is 0.922. The fourth-order valence-corrected chi connectivity index (χ4v) is 4.61. The summed E-state index contributed by atoms with van der Waals surface area (Å²) in [6.45, 7) is 3.01. The number of hydrogen-bond donors (Lipinski definition) is 1. The molecule has 2 fully saturated rings. The highest BCUT2D eigenvalue weighted by Gasteiger charge is 2.40. The van der Waals surface area contributed by atoms with Gasteiger partial charge in [0.25, 0.3) is 0 Å². The third-order valence-electron chi connectivity index (χ3n) is 4.42. The van der Waals surface area contributed by atoms with Crippen LogP contribution in [0.15, 0.2) is 24.3 Å². The summed E-state index contributed by atoms with van der Waals surface area (Å²) >= 11 is 2.00. The number of benzene rings is 1. The second kappa shape index (κ2) is 6.04. The van der Waals surface area contributed by atoms with E-state index < -0.39 is 0 Å². The smallest absolute Gasteiger partial charge is 0.123 e. The van der Waals surface area contributed by atoms with Crippen molar-refractivity contribution in [3.8, 4) is 0 Å². The highest BCUT2D eigenvalue weighted by Crippen LogP contribution is 2.38. The van der Waals surface area contributed by atoms with Gasteiger partial charge in [0, 0.05) is 24.4 Å². The zero-order chi connectivity index (χ0) is 14.0. The average molecular weight is 295 g/mol. The number of ether oxygens (including phenoxy) is 1. The molecule has 2 unspecified atom stereocenters. The summed E-state index contributed by atoms with van der Waals surface area (Å²) in [5, 5.41) is 3.69. The van der Waals surface area contributed by atoms with E-state index in [0.29, 0.717) is 6.04 Å². The number of hydrogen-bond acceptors (Lipinski definition) is 3. The van der Waals surface area contributed by atoms with E-state index in [9.17, 15) is 4.39 Å². The Morgan fingerprint density at radius 2 is 2.20 bits per heavy atom. The van der Waals surface area contributed by atoms with Crippen LogP contribution in [0.3, 0.4) is 0 Å². The molecule has 2 aliphatic heterocycles. The van der Waals surface area contributed by atoms with Crippen LogP contribution in [0.1, 0.15) is 37.8 Å². The lowest BCUT2D eigenvalue weighted by atomic mass is 9.89. The largest absolute Gasteiger partial charge is 0.374 e. The standard InChI is InChI=1S/C16H22FNOS/c1-12(13-2-4-14(17)5-3-13)18-15-6-8-19-16(10-15)7-9-20-11-16/h2-5,12,15,18H,6-11H2,1H3/t12-,15?,16?/m1/s1. The molecule has 0 amide bonds. The first-order valence-corrected chi connectivity index (χ1v) is 8.56. The minimum Gasteiger partial charge on any atom is -0.374 e. The van der Waals surface area contributed by atoms with E-state index in [1.54, 1.807) is 0 Å². The van der Waals surface area contributed by atoms with Gasteiger partial charge in [-0.15, -0.1) is 0 Å². The Balaban J connectivity index is 1.60. The van der Waals surface area contributed by atoms with Crippen molar-refractivity contribution in [1.29, 1.82) is 0 Å². The molecule has 0 radical (unpaired) electrons. The lowest BCUT2D eigenvalue weighted by Crippen LogP contribution is -2.47. The first-order chi connectivity index (χ1) is 9.67. The number of rotatable bonds is 3. The second-order valence-electron chi connectivity index (χ2n) is 5.96. The number of halogens is 1. The van der Waals surface area contributed by atoms with Gasteiger partial charge in [-0.3, -0.25) is 0 Å². The summed E-state index contributed by atoms with van der Waals surface area (Å²) < 4.78 is 19.0. The van der Waals surface area contributed by atoms with Crippen molar-refractivity contribution in [2.75, 3.05) is 18.1 Å². The molecule has 1 aromatic carbocycles. The molecule has 1 aromatic rings. The topological polar surface area (TPSA) is 21.3 Å². The SMILES string of the molecule is C[C@@H](NC1CCOC2(CCSC2)C1)c1ccc(F)cc1. The summed E-state index contributed by atoms with van der Waals surface area (Å²) in [6.07, 6.45) is 3.35. The maximum Gasteiger partial charge on any atom is 0.123 e. The van der Waals surface area contributed by atoms with Gasteiger partial charge in [0.05, 0.1) is 5.60 Å². The van der Waals surface area contributed by atoms with Crippen LogP contribution >= 0.6 is 11.8 Å². The third kappa shape index (κ3) is 3.18. The van der Waals surface area contributed by atoms with Gasteiger partial charge in [-0.25, -0.2) is 4.39 Å². The van der Waals surface area contributed by atoms with Gasteiger partial charge in [-0.1, -0.05) is 12.1 Å². The van der Waals surface area contributed by atoms with Crippen molar-refractivity contribution in [3.05, 3.63) is 35.6 Å². The molecule has 2 nitrogen and oxygen atoms in total. The van der Waals surface area contributed by atoms with E-state index in [-0.39, 0.29) is 17.5 Å². The maximum absolute atomic E-state index is 13.0. The molecule has 20 heavy (non-hydrogen) atoms. The lowest BCUT2D eigenvalue weighted by Gasteiger charge is -2.39. The minimum absolute atomic E-state index is 0.114. The van der Waals surface area contributed by atoms with Crippen LogP contribution in [0.5, 0.6) is 0 Å². The minimum atomic E-state index is -0.172. The van der Waals surface area contributed by atoms with Gasteiger partial charge >= 0.3 is 0 Å². The molecule has 4 heteroatoms. The van der Waals surface area contributed by atoms with Crippen molar-refractivity contribution in [1.82, 2.24) is 5.32 Å². The van der Waals surface area contributed by atoms with E-state index >= 15 is 0 Å². The Hall–Kier alpha value is -0.580. The normalized spacial score (nSPS) is 31.6. The van der Waals surface area contributed by atoms with Gasteiger partial charge in [-0.05, 0) is 49.6 Å². The molecule has 1 N–H and O–H groups in total. The van der Waals surface area contributed by atoms with Crippen molar-refractivity contribution in [3.63, 3.8) is 0 Å². The molecule has 3 rings (SSSR count). The monoisotopic (exact) mass is 295 g/mol. The van der Waals surface area contributed by atoms with E-state index in [0.717, 1.165) is 30.8 Å². The first kappa shape index (κ1) is 14.4. The van der Waals surface area contributed by atoms with Crippen LogP contribution < -0.4 is 5.32 Å². The molecule has 3 atom stereocenters. The van der Waals surface area contributed by atoms with Gasteiger partial charge < -0.3 is 10.1 Å². The Labute approximate surface area is 124 Å². The highest BCUT2D eigenvalue weighted by atomic mass is 32.2. The fraction of sp³-hybridized carbons (Fsp3) is 0.625. The highest BCUT2D eigenvalue weighted by molar-refractivity contribution is 7.99. The molecular weight excluding hydrogens is 273 g/mol. The van der Waals surface area contributed by atoms with Crippen LogP contribution in [-0.2, 0) is 4.74 Å². The van der Waals surface area contributed by atoms with Crippen molar-refractivity contribution in [2.24, 2.45) is 0 Å². The Bertz CT molecular complexity index is 444. The van der Waals surface area contributed by atoms with Crippen LogP contribution in [0, 0.1) is 5.82 Å². The molecule has 0 aromatic heterocycles. The predicted molar refractivity (Wildman–Crippen MR) is 81.6 cm³/mol. The fourth-order valence-electron chi connectivity index (χ4n) is 3.23. The summed E-state index contributed by atoms with van der Waals surface area (Å²) in [6, 6.07) is 7.56. The summed E-state index contributed by atoms with van der Waals surface area (Å²) in [5.41, 5.74) is 1.26. The Morgan fingerprint density at radius 1 is 1.40 bits per heavy atom. The van der Waals surface area contributed by atoms with E-state index in [1.807, 2.05) is 23.9 Å². The van der Waals surface area contributed by atoms with E-state index in [2.05, 4.69) is 12.2 Å². The van der Waals surface area contributed by atoms with E-state index in [4.69, 9.17) is 4.74 Å². The van der Waals surface area contributed by atoms with Crippen LogP contribution in [-0.4, -0.2) is 29.8 Å². The molecule has 0 bridgehead atoms. The van der Waals surface area contributed by atoms with Crippen LogP contribution in [0.4, 0.5) is 4.39 Å². The molecule has 0 saturated carbocycles. The Kier molecular flexibility index (Phi) is 4.34. The van der Waals surface area contributed by atoms with Gasteiger partial charge in [-0.2, -0.15) is 11.8 Å². The molecule has 2 aliphatic rings. The summed E-state index contributed by atoms with van der Waals surface area (Å²) in [4.78, 5) is 0. The number of thioether (sulfide) groups is 1. The third-order valence-corrected chi connectivity index (χ3v) is 5.64. The van der Waals surface area contributed by atoms with Gasteiger partial charge in [0.1, 0.15) is 5.82 Å². The molecule has 0 aliphatic carbocycles. The Morgan fingerprint density at radius 3 is 2.90 bits per heavy atom. The van der Waals surface area contributed by atoms with Gasteiger partial charge in [0.15, 0.2) is 0 Å². The molecule has 2 heterocycles.